The van der Waals surface area contributed by atoms with Gasteiger partial charge in [-0.05, 0) is 6.92 Å². The molecule has 0 atom stereocenters. The minimum atomic E-state index is 0.664. The van der Waals surface area contributed by atoms with E-state index in [-0.39, 0.29) is 0 Å². The predicted molar refractivity (Wildman–Crippen MR) is 95.0 cm³/mol. The van der Waals surface area contributed by atoms with Crippen LogP contribution in [0, 0.1) is 6.92 Å². The number of anilines is 1. The van der Waals surface area contributed by atoms with E-state index in [0.29, 0.717) is 6.54 Å². The molecule has 0 saturated carbocycles. The van der Waals surface area contributed by atoms with Crippen LogP contribution in [0.5, 0.6) is 0 Å². The van der Waals surface area contributed by atoms with Crippen LogP contribution in [0.3, 0.4) is 0 Å². The van der Waals surface area contributed by atoms with Crippen LogP contribution in [0.2, 0.25) is 0 Å². The second-order valence-electron chi connectivity index (χ2n) is 5.13. The Morgan fingerprint density at radius 1 is 1.18 bits per heavy atom. The molecule has 0 fully saturated rings. The molecule has 0 bridgehead atoms. The number of rotatable bonds is 5. The average Bonchev–Trinajstić information content (AvgIpc) is 3.09. The summed E-state index contributed by atoms with van der Waals surface area (Å²) in [6.07, 6.45) is 0. The molecular formula is C14H22N6S2. The lowest BCUT2D eigenvalue weighted by molar-refractivity contribution is 0.470. The van der Waals surface area contributed by atoms with Gasteiger partial charge < -0.3 is 15.1 Å². The molecule has 0 saturated heterocycles. The molecular weight excluding hydrogens is 316 g/mol. The number of hydrogen-bond acceptors (Lipinski definition) is 6. The van der Waals surface area contributed by atoms with E-state index in [2.05, 4.69) is 35.9 Å². The van der Waals surface area contributed by atoms with Gasteiger partial charge in [-0.25, -0.2) is 9.97 Å². The molecule has 2 aromatic heterocycles. The quantitative estimate of drug-likeness (QED) is 0.669. The molecule has 1 N–H and O–H groups in total. The molecule has 0 aliphatic carbocycles. The minimum Gasteiger partial charge on any atom is -0.354 e. The van der Waals surface area contributed by atoms with E-state index < -0.39 is 0 Å². The standard InChI is InChI=1S/C14H22N6S2/c1-10-17-12(9-21-10)7-20(5)13(15-2)16-6-11-8-22-14(18-11)19(3)4/h8-9H,6-7H2,1-5H3,(H,15,16). The highest BCUT2D eigenvalue weighted by atomic mass is 32.1. The SMILES string of the molecule is CN=C(NCc1csc(N(C)C)n1)N(C)Cc1csc(C)n1. The summed E-state index contributed by atoms with van der Waals surface area (Å²) >= 11 is 3.31. The van der Waals surface area contributed by atoms with Crippen molar-refractivity contribution in [3.05, 3.63) is 27.2 Å². The highest BCUT2D eigenvalue weighted by molar-refractivity contribution is 7.13. The van der Waals surface area contributed by atoms with Crippen molar-refractivity contribution < 1.29 is 0 Å². The number of aliphatic imine (C=N–C) groups is 1. The largest absolute Gasteiger partial charge is 0.354 e. The van der Waals surface area contributed by atoms with Crippen molar-refractivity contribution in [1.29, 1.82) is 0 Å². The summed E-state index contributed by atoms with van der Waals surface area (Å²) in [7, 11) is 7.80. The van der Waals surface area contributed by atoms with Crippen LogP contribution in [-0.4, -0.2) is 49.0 Å². The Morgan fingerprint density at radius 3 is 2.45 bits per heavy atom. The summed E-state index contributed by atoms with van der Waals surface area (Å²) in [4.78, 5) is 17.4. The molecule has 0 aromatic carbocycles. The van der Waals surface area contributed by atoms with Crippen LogP contribution >= 0.6 is 22.7 Å². The third-order valence-corrected chi connectivity index (χ3v) is 4.87. The second kappa shape index (κ2) is 7.55. The zero-order valence-corrected chi connectivity index (χ0v) is 15.3. The topological polar surface area (TPSA) is 56.7 Å². The van der Waals surface area contributed by atoms with Gasteiger partial charge in [-0.15, -0.1) is 22.7 Å². The van der Waals surface area contributed by atoms with E-state index in [0.717, 1.165) is 34.0 Å². The lowest BCUT2D eigenvalue weighted by Crippen LogP contribution is -2.38. The lowest BCUT2D eigenvalue weighted by Gasteiger charge is -2.20. The zero-order chi connectivity index (χ0) is 16.1. The van der Waals surface area contributed by atoms with Crippen LogP contribution < -0.4 is 10.2 Å². The fraction of sp³-hybridized carbons (Fsp3) is 0.500. The van der Waals surface area contributed by atoms with E-state index in [1.165, 1.54) is 0 Å². The van der Waals surface area contributed by atoms with Gasteiger partial charge in [-0.1, -0.05) is 0 Å². The van der Waals surface area contributed by atoms with Crippen molar-refractivity contribution in [2.75, 3.05) is 33.1 Å². The van der Waals surface area contributed by atoms with E-state index >= 15 is 0 Å². The number of guanidine groups is 1. The number of hydrogen-bond donors (Lipinski definition) is 1. The summed E-state index contributed by atoms with van der Waals surface area (Å²) < 4.78 is 0. The third kappa shape index (κ3) is 4.41. The van der Waals surface area contributed by atoms with E-state index in [9.17, 15) is 0 Å². The van der Waals surface area contributed by atoms with Gasteiger partial charge in [0.15, 0.2) is 11.1 Å². The number of thiazole rings is 2. The Kier molecular flexibility index (Phi) is 5.73. The first-order chi connectivity index (χ1) is 10.5. The van der Waals surface area contributed by atoms with Crippen molar-refractivity contribution >= 4 is 33.8 Å². The fourth-order valence-electron chi connectivity index (χ4n) is 1.94. The summed E-state index contributed by atoms with van der Waals surface area (Å²) in [6, 6.07) is 0. The molecule has 0 spiro atoms. The Balaban J connectivity index is 1.91. The predicted octanol–water partition coefficient (Wildman–Crippen LogP) is 2.18. The van der Waals surface area contributed by atoms with Crippen molar-refractivity contribution in [3.63, 3.8) is 0 Å². The minimum absolute atomic E-state index is 0.664. The van der Waals surface area contributed by atoms with Crippen LogP contribution in [0.1, 0.15) is 16.4 Å². The van der Waals surface area contributed by atoms with Crippen LogP contribution in [0.25, 0.3) is 0 Å². The molecule has 6 nitrogen and oxygen atoms in total. The number of nitrogens with one attached hydrogen (secondary N) is 1. The van der Waals surface area contributed by atoms with Gasteiger partial charge in [0.25, 0.3) is 0 Å². The molecule has 22 heavy (non-hydrogen) atoms. The van der Waals surface area contributed by atoms with Crippen molar-refractivity contribution in [1.82, 2.24) is 20.2 Å². The summed E-state index contributed by atoms with van der Waals surface area (Å²) in [6.45, 7) is 3.42. The van der Waals surface area contributed by atoms with Gasteiger partial charge in [0, 0.05) is 39.0 Å². The Bertz CT molecular complexity index is 631. The van der Waals surface area contributed by atoms with E-state index in [4.69, 9.17) is 0 Å². The third-order valence-electron chi connectivity index (χ3n) is 2.99. The van der Waals surface area contributed by atoms with Gasteiger partial charge in [0.05, 0.1) is 29.5 Å². The van der Waals surface area contributed by atoms with Crippen LogP contribution in [0.4, 0.5) is 5.13 Å². The molecule has 2 aromatic rings. The summed E-state index contributed by atoms with van der Waals surface area (Å²) in [5, 5.41) is 9.60. The Hall–Kier alpha value is -1.67. The average molecular weight is 339 g/mol. The molecule has 0 amide bonds. The molecule has 2 rings (SSSR count). The molecule has 0 radical (unpaired) electrons. The number of aromatic nitrogens is 2. The first-order valence-electron chi connectivity index (χ1n) is 6.94. The van der Waals surface area contributed by atoms with Crippen molar-refractivity contribution in [2.45, 2.75) is 20.0 Å². The highest BCUT2D eigenvalue weighted by Gasteiger charge is 2.10. The monoisotopic (exact) mass is 338 g/mol. The second-order valence-corrected chi connectivity index (χ2v) is 7.03. The fourth-order valence-corrected chi connectivity index (χ4v) is 3.30. The maximum absolute atomic E-state index is 4.56. The van der Waals surface area contributed by atoms with E-state index in [1.54, 1.807) is 29.7 Å². The summed E-state index contributed by atoms with van der Waals surface area (Å²) in [5.41, 5.74) is 2.09. The zero-order valence-electron chi connectivity index (χ0n) is 13.6. The van der Waals surface area contributed by atoms with Gasteiger partial charge in [0.2, 0.25) is 0 Å². The number of nitrogens with zero attached hydrogens (tertiary/aromatic N) is 5. The Morgan fingerprint density at radius 2 is 1.91 bits per heavy atom. The first-order valence-corrected chi connectivity index (χ1v) is 8.70. The van der Waals surface area contributed by atoms with Crippen molar-refractivity contribution in [3.8, 4) is 0 Å². The molecule has 8 heteroatoms. The van der Waals surface area contributed by atoms with Crippen molar-refractivity contribution in [2.24, 2.45) is 4.99 Å². The molecule has 0 unspecified atom stereocenters. The van der Waals surface area contributed by atoms with Gasteiger partial charge in [0.1, 0.15) is 0 Å². The first kappa shape index (κ1) is 16.7. The number of aryl methyl sites for hydroxylation is 1. The van der Waals surface area contributed by atoms with E-state index in [1.807, 2.05) is 33.0 Å². The van der Waals surface area contributed by atoms with Gasteiger partial charge >= 0.3 is 0 Å². The van der Waals surface area contributed by atoms with Gasteiger partial charge in [-0.2, -0.15) is 0 Å². The molecule has 0 aliphatic heterocycles. The maximum Gasteiger partial charge on any atom is 0.194 e. The normalized spacial score (nSPS) is 11.6. The summed E-state index contributed by atoms with van der Waals surface area (Å²) in [5.74, 6) is 0.838. The van der Waals surface area contributed by atoms with Gasteiger partial charge in [-0.3, -0.25) is 4.99 Å². The maximum atomic E-state index is 4.56. The van der Waals surface area contributed by atoms with Crippen LogP contribution in [-0.2, 0) is 13.1 Å². The lowest BCUT2D eigenvalue weighted by atomic mass is 10.4. The molecule has 0 aliphatic rings. The smallest absolute Gasteiger partial charge is 0.194 e. The Labute approximate surface area is 139 Å². The van der Waals surface area contributed by atoms with Crippen LogP contribution in [0.15, 0.2) is 15.8 Å². The molecule has 120 valence electrons. The molecule has 2 heterocycles. The highest BCUT2D eigenvalue weighted by Crippen LogP contribution is 2.17.